The molecule has 5 N–H and O–H groups in total. The molecule has 0 spiro atoms. The van der Waals surface area contributed by atoms with E-state index in [1.54, 1.807) is 12.1 Å². The van der Waals surface area contributed by atoms with Crippen molar-refractivity contribution in [1.29, 1.82) is 0 Å². The van der Waals surface area contributed by atoms with Gasteiger partial charge < -0.3 is 34.7 Å². The molecule has 7 heteroatoms. The number of benzene rings is 2. The highest BCUT2D eigenvalue weighted by atomic mass is 16.5. The van der Waals surface area contributed by atoms with E-state index >= 15 is 0 Å². The second-order valence-corrected chi connectivity index (χ2v) is 8.41. The topological polar surface area (TPSA) is 124 Å². The number of hydrogen-bond acceptors (Lipinski definition) is 7. The van der Waals surface area contributed by atoms with E-state index < -0.39 is 37.1 Å². The Labute approximate surface area is 180 Å². The van der Waals surface area contributed by atoms with Gasteiger partial charge in [0.15, 0.2) is 0 Å². The van der Waals surface area contributed by atoms with Crippen molar-refractivity contribution in [3.8, 4) is 5.75 Å². The van der Waals surface area contributed by atoms with Gasteiger partial charge in [-0.1, -0.05) is 12.1 Å². The Hall–Kier alpha value is -2.42. The molecule has 0 aliphatic carbocycles. The lowest BCUT2D eigenvalue weighted by atomic mass is 9.90. The summed E-state index contributed by atoms with van der Waals surface area (Å²) < 4.78 is 11.7. The minimum absolute atomic E-state index is 0.111. The highest BCUT2D eigenvalue weighted by molar-refractivity contribution is 5.85. The van der Waals surface area contributed by atoms with Gasteiger partial charge in [-0.25, -0.2) is 0 Å². The number of ether oxygens (including phenoxy) is 1. The van der Waals surface area contributed by atoms with Gasteiger partial charge in [0, 0.05) is 17.4 Å². The zero-order chi connectivity index (χ0) is 22.4. The summed E-state index contributed by atoms with van der Waals surface area (Å²) in [7, 11) is 0. The molecule has 166 valence electrons. The van der Waals surface area contributed by atoms with E-state index in [-0.39, 0.29) is 11.3 Å². The zero-order valence-electron chi connectivity index (χ0n) is 17.7. The Kier molecular flexibility index (Phi) is 5.81. The Balaban J connectivity index is 1.66. The van der Waals surface area contributed by atoms with Crippen LogP contribution in [0.1, 0.15) is 39.7 Å². The van der Waals surface area contributed by atoms with Crippen LogP contribution in [0.4, 0.5) is 0 Å². The minimum atomic E-state index is -1.51. The molecule has 4 rings (SSSR count). The van der Waals surface area contributed by atoms with E-state index in [1.165, 1.54) is 11.6 Å². The van der Waals surface area contributed by atoms with E-state index in [0.29, 0.717) is 6.42 Å². The third-order valence-corrected chi connectivity index (χ3v) is 6.24. The van der Waals surface area contributed by atoms with Gasteiger partial charge in [-0.2, -0.15) is 0 Å². The Bertz CT molecular complexity index is 1100. The van der Waals surface area contributed by atoms with Crippen LogP contribution >= 0.6 is 0 Å². The molecule has 5 atom stereocenters. The molecule has 7 nitrogen and oxygen atoms in total. The monoisotopic (exact) mass is 428 g/mol. The summed E-state index contributed by atoms with van der Waals surface area (Å²) in [6.45, 7) is 5.60. The molecule has 0 saturated carbocycles. The first kappa shape index (κ1) is 21.8. The van der Waals surface area contributed by atoms with Crippen molar-refractivity contribution in [2.24, 2.45) is 0 Å². The van der Waals surface area contributed by atoms with Gasteiger partial charge in [0.25, 0.3) is 0 Å². The number of aromatic hydroxyl groups is 1. The minimum Gasteiger partial charge on any atom is -0.508 e. The number of aliphatic hydroxyl groups excluding tert-OH is 4. The van der Waals surface area contributed by atoms with Gasteiger partial charge in [-0.05, 0) is 61.2 Å². The normalized spacial score (nSPS) is 26.5. The third kappa shape index (κ3) is 3.84. The van der Waals surface area contributed by atoms with Gasteiger partial charge in [-0.15, -0.1) is 0 Å². The first-order chi connectivity index (χ1) is 14.7. The van der Waals surface area contributed by atoms with Gasteiger partial charge in [0.1, 0.15) is 47.6 Å². The van der Waals surface area contributed by atoms with Crippen molar-refractivity contribution in [2.45, 2.75) is 57.7 Å². The first-order valence-electron chi connectivity index (χ1n) is 10.3. The van der Waals surface area contributed by atoms with Crippen LogP contribution in [0.5, 0.6) is 5.75 Å². The number of aryl methyl sites for hydroxylation is 3. The Morgan fingerprint density at radius 3 is 2.35 bits per heavy atom. The average molecular weight is 428 g/mol. The molecular weight excluding hydrogens is 400 g/mol. The Morgan fingerprint density at radius 1 is 0.903 bits per heavy atom. The SMILES string of the molecule is Cc1cc(C)c2cc(Cc3ccc(O)c(C4O[C@H](CO)[C@@H](O)C(O)[C@H]4O)c3)oc2c1C. The maximum Gasteiger partial charge on any atom is 0.137 e. The van der Waals surface area contributed by atoms with Gasteiger partial charge >= 0.3 is 0 Å². The average Bonchev–Trinajstić information content (AvgIpc) is 3.17. The number of phenolic OH excluding ortho intramolecular Hbond substituents is 1. The predicted molar refractivity (Wildman–Crippen MR) is 114 cm³/mol. The lowest BCUT2D eigenvalue weighted by Crippen LogP contribution is -2.55. The molecule has 0 radical (unpaired) electrons. The number of hydrogen-bond donors (Lipinski definition) is 5. The zero-order valence-corrected chi connectivity index (χ0v) is 17.7. The van der Waals surface area contributed by atoms with E-state index in [2.05, 4.69) is 13.0 Å². The predicted octanol–water partition coefficient (Wildman–Crippen LogP) is 2.17. The summed E-state index contributed by atoms with van der Waals surface area (Å²) in [5.74, 6) is 0.650. The lowest BCUT2D eigenvalue weighted by molar-refractivity contribution is -0.232. The van der Waals surface area contributed by atoms with Crippen LogP contribution in [0.3, 0.4) is 0 Å². The highest BCUT2D eigenvalue weighted by Crippen LogP contribution is 2.37. The van der Waals surface area contributed by atoms with Crippen molar-refractivity contribution < 1.29 is 34.7 Å². The lowest BCUT2D eigenvalue weighted by Gasteiger charge is -2.40. The molecule has 2 heterocycles. The van der Waals surface area contributed by atoms with Crippen molar-refractivity contribution in [1.82, 2.24) is 0 Å². The smallest absolute Gasteiger partial charge is 0.137 e. The fourth-order valence-corrected chi connectivity index (χ4v) is 4.29. The first-order valence-corrected chi connectivity index (χ1v) is 10.3. The molecule has 1 aliphatic heterocycles. The summed E-state index contributed by atoms with van der Waals surface area (Å²) in [6, 6.07) is 9.07. The largest absolute Gasteiger partial charge is 0.508 e. The molecule has 2 unspecified atom stereocenters. The maximum atomic E-state index is 10.4. The maximum absolute atomic E-state index is 10.4. The highest BCUT2D eigenvalue weighted by Gasteiger charge is 2.44. The standard InChI is InChI=1S/C24H28O7/c1-11-6-12(2)16-9-15(30-23(16)13(11)3)7-14-4-5-18(26)17(8-14)24-22(29)21(28)20(27)19(10-25)31-24/h4-6,8-9,19-22,24-29H,7,10H2,1-3H3/t19-,20-,21?,22-,24?/m1/s1. The van der Waals surface area contributed by atoms with Gasteiger partial charge in [0.05, 0.1) is 6.61 Å². The van der Waals surface area contributed by atoms with Crippen LogP contribution in [0.2, 0.25) is 0 Å². The van der Waals surface area contributed by atoms with E-state index in [1.807, 2.05) is 19.9 Å². The molecule has 1 fully saturated rings. The summed E-state index contributed by atoms with van der Waals surface area (Å²) in [5, 5.41) is 51.4. The summed E-state index contributed by atoms with van der Waals surface area (Å²) in [4.78, 5) is 0. The quantitative estimate of drug-likeness (QED) is 0.431. The third-order valence-electron chi connectivity index (χ3n) is 6.24. The molecule has 1 saturated heterocycles. The molecule has 31 heavy (non-hydrogen) atoms. The van der Waals surface area contributed by atoms with Crippen LogP contribution in [0.15, 0.2) is 34.7 Å². The van der Waals surface area contributed by atoms with Crippen molar-refractivity contribution in [3.63, 3.8) is 0 Å². The fourth-order valence-electron chi connectivity index (χ4n) is 4.29. The molecule has 1 aliphatic rings. The van der Waals surface area contributed by atoms with Crippen molar-refractivity contribution in [3.05, 3.63) is 63.9 Å². The molecular formula is C24H28O7. The fraction of sp³-hybridized carbons (Fsp3) is 0.417. The van der Waals surface area contributed by atoms with Crippen LogP contribution < -0.4 is 0 Å². The number of rotatable bonds is 4. The summed E-state index contributed by atoms with van der Waals surface area (Å²) >= 11 is 0. The Morgan fingerprint density at radius 2 is 1.65 bits per heavy atom. The molecule has 1 aromatic heterocycles. The van der Waals surface area contributed by atoms with E-state index in [4.69, 9.17) is 9.15 Å². The second kappa shape index (κ2) is 8.26. The molecule has 0 bridgehead atoms. The number of aliphatic hydroxyl groups is 4. The van der Waals surface area contributed by atoms with E-state index in [0.717, 1.165) is 33.4 Å². The number of fused-ring (bicyclic) bond motifs is 1. The van der Waals surface area contributed by atoms with Crippen molar-refractivity contribution >= 4 is 11.0 Å². The summed E-state index contributed by atoms with van der Waals surface area (Å²) in [6.07, 6.45) is -6.11. The van der Waals surface area contributed by atoms with Crippen molar-refractivity contribution in [2.75, 3.05) is 6.61 Å². The summed E-state index contributed by atoms with van der Waals surface area (Å²) in [5.41, 5.74) is 5.35. The molecule has 0 amide bonds. The number of furan rings is 1. The number of phenols is 1. The van der Waals surface area contributed by atoms with Gasteiger partial charge in [0.2, 0.25) is 0 Å². The second-order valence-electron chi connectivity index (χ2n) is 8.41. The van der Waals surface area contributed by atoms with Crippen LogP contribution in [-0.2, 0) is 11.2 Å². The molecule has 3 aromatic rings. The van der Waals surface area contributed by atoms with Crippen LogP contribution in [-0.4, -0.2) is 56.6 Å². The van der Waals surface area contributed by atoms with E-state index in [9.17, 15) is 25.5 Å². The van der Waals surface area contributed by atoms with Gasteiger partial charge in [-0.3, -0.25) is 0 Å². The molecule has 2 aromatic carbocycles. The van der Waals surface area contributed by atoms with Crippen LogP contribution in [0.25, 0.3) is 11.0 Å². The van der Waals surface area contributed by atoms with Crippen LogP contribution in [0, 0.1) is 20.8 Å².